The Kier molecular flexibility index (Phi) is 2.82. The number of ketones is 1. The van der Waals surface area contributed by atoms with E-state index in [4.69, 9.17) is 0 Å². The number of carbonyl (C=O) groups is 2. The standard InChI is InChI=1S/C18H14N2O2/c21-17(12-5-2-1-3-6-12)15-11-20-10-9-19-18(22)14-8-4-7-13(15)16(14)20/h1-8,11H,9-10H2,(H,19,22). The Morgan fingerprint density at radius 3 is 2.68 bits per heavy atom. The van der Waals surface area contributed by atoms with Gasteiger partial charge in [-0.05, 0) is 6.07 Å². The van der Waals surface area contributed by atoms with Crippen LogP contribution in [-0.2, 0) is 6.54 Å². The van der Waals surface area contributed by atoms with Crippen LogP contribution in [0.4, 0.5) is 0 Å². The third-order valence-electron chi connectivity index (χ3n) is 4.06. The largest absolute Gasteiger partial charge is 0.350 e. The molecule has 4 nitrogen and oxygen atoms in total. The maximum Gasteiger partial charge on any atom is 0.253 e. The SMILES string of the molecule is O=C(c1ccccc1)c1cn2c3c(cccc13)C(=O)NCC2. The molecule has 1 N–H and O–H groups in total. The summed E-state index contributed by atoms with van der Waals surface area (Å²) < 4.78 is 2.00. The molecule has 1 aliphatic heterocycles. The highest BCUT2D eigenvalue weighted by Gasteiger charge is 2.22. The number of carbonyl (C=O) groups excluding carboxylic acids is 2. The van der Waals surface area contributed by atoms with Gasteiger partial charge < -0.3 is 9.88 Å². The summed E-state index contributed by atoms with van der Waals surface area (Å²) in [6.07, 6.45) is 1.86. The summed E-state index contributed by atoms with van der Waals surface area (Å²) in [6, 6.07) is 14.8. The van der Waals surface area contributed by atoms with Gasteiger partial charge >= 0.3 is 0 Å². The quantitative estimate of drug-likeness (QED) is 0.738. The third-order valence-corrected chi connectivity index (χ3v) is 4.06. The summed E-state index contributed by atoms with van der Waals surface area (Å²) in [6.45, 7) is 1.23. The van der Waals surface area contributed by atoms with Gasteiger partial charge in [0.2, 0.25) is 0 Å². The lowest BCUT2D eigenvalue weighted by atomic mass is 10.0. The van der Waals surface area contributed by atoms with Crippen molar-refractivity contribution in [2.45, 2.75) is 6.54 Å². The van der Waals surface area contributed by atoms with E-state index in [-0.39, 0.29) is 11.7 Å². The minimum atomic E-state index is -0.0823. The van der Waals surface area contributed by atoms with Crippen molar-refractivity contribution in [1.29, 1.82) is 0 Å². The van der Waals surface area contributed by atoms with Crippen LogP contribution in [0.5, 0.6) is 0 Å². The number of benzene rings is 2. The van der Waals surface area contributed by atoms with Crippen LogP contribution >= 0.6 is 0 Å². The van der Waals surface area contributed by atoms with Crippen LogP contribution in [0.15, 0.2) is 54.7 Å². The third kappa shape index (κ3) is 1.84. The summed E-state index contributed by atoms with van der Waals surface area (Å²) in [4.78, 5) is 24.9. The number of nitrogens with zero attached hydrogens (tertiary/aromatic N) is 1. The summed E-state index contributed by atoms with van der Waals surface area (Å²) in [7, 11) is 0. The predicted molar refractivity (Wildman–Crippen MR) is 84.1 cm³/mol. The van der Waals surface area contributed by atoms with E-state index >= 15 is 0 Å². The van der Waals surface area contributed by atoms with E-state index in [2.05, 4.69) is 5.32 Å². The van der Waals surface area contributed by atoms with Crippen molar-refractivity contribution in [2.75, 3.05) is 6.54 Å². The second kappa shape index (κ2) is 4.84. The van der Waals surface area contributed by atoms with Crippen molar-refractivity contribution in [2.24, 2.45) is 0 Å². The van der Waals surface area contributed by atoms with E-state index in [1.54, 1.807) is 6.07 Å². The van der Waals surface area contributed by atoms with Crippen LogP contribution in [-0.4, -0.2) is 22.8 Å². The van der Waals surface area contributed by atoms with E-state index in [0.717, 1.165) is 10.9 Å². The first-order valence-corrected chi connectivity index (χ1v) is 7.25. The van der Waals surface area contributed by atoms with Crippen LogP contribution in [0.2, 0.25) is 0 Å². The smallest absolute Gasteiger partial charge is 0.253 e. The van der Waals surface area contributed by atoms with E-state index in [9.17, 15) is 9.59 Å². The fourth-order valence-corrected chi connectivity index (χ4v) is 3.03. The van der Waals surface area contributed by atoms with Gasteiger partial charge in [0.1, 0.15) is 0 Å². The summed E-state index contributed by atoms with van der Waals surface area (Å²) in [5.74, 6) is -0.0939. The number of para-hydroxylation sites is 1. The molecule has 1 amide bonds. The molecule has 108 valence electrons. The summed E-state index contributed by atoms with van der Waals surface area (Å²) in [5, 5.41) is 3.71. The van der Waals surface area contributed by atoms with Gasteiger partial charge in [0.15, 0.2) is 5.78 Å². The number of nitrogens with one attached hydrogen (secondary N) is 1. The van der Waals surface area contributed by atoms with Crippen molar-refractivity contribution < 1.29 is 9.59 Å². The number of hydrogen-bond donors (Lipinski definition) is 1. The topological polar surface area (TPSA) is 51.1 Å². The first-order chi connectivity index (χ1) is 10.8. The molecule has 2 aromatic carbocycles. The molecule has 0 unspecified atom stereocenters. The van der Waals surface area contributed by atoms with E-state index < -0.39 is 0 Å². The highest BCUT2D eigenvalue weighted by atomic mass is 16.1. The zero-order valence-electron chi connectivity index (χ0n) is 11.9. The molecule has 4 rings (SSSR count). The highest BCUT2D eigenvalue weighted by Crippen LogP contribution is 2.28. The van der Waals surface area contributed by atoms with Crippen molar-refractivity contribution in [3.8, 4) is 0 Å². The monoisotopic (exact) mass is 290 g/mol. The predicted octanol–water partition coefficient (Wildman–Crippen LogP) is 2.62. The highest BCUT2D eigenvalue weighted by molar-refractivity contribution is 6.19. The minimum Gasteiger partial charge on any atom is -0.350 e. The van der Waals surface area contributed by atoms with Gasteiger partial charge in [-0.1, -0.05) is 42.5 Å². The maximum absolute atomic E-state index is 12.8. The molecule has 4 heteroatoms. The van der Waals surface area contributed by atoms with Crippen LogP contribution in [0.25, 0.3) is 10.9 Å². The molecule has 0 saturated carbocycles. The van der Waals surface area contributed by atoms with Gasteiger partial charge in [0, 0.05) is 35.8 Å². The molecule has 1 aliphatic rings. The summed E-state index contributed by atoms with van der Waals surface area (Å²) in [5.41, 5.74) is 2.78. The lowest BCUT2D eigenvalue weighted by molar-refractivity contribution is 0.0955. The van der Waals surface area contributed by atoms with Crippen molar-refractivity contribution in [1.82, 2.24) is 9.88 Å². The average Bonchev–Trinajstić information content (AvgIpc) is 2.85. The Morgan fingerprint density at radius 2 is 1.86 bits per heavy atom. The number of aromatic nitrogens is 1. The Hall–Kier alpha value is -2.88. The Balaban J connectivity index is 1.96. The fourth-order valence-electron chi connectivity index (χ4n) is 3.03. The number of amides is 1. The van der Waals surface area contributed by atoms with Crippen LogP contribution in [0.1, 0.15) is 26.3 Å². The average molecular weight is 290 g/mol. The molecule has 2 heterocycles. The maximum atomic E-state index is 12.8. The number of rotatable bonds is 2. The molecule has 22 heavy (non-hydrogen) atoms. The Labute approximate surface area is 127 Å². The number of hydrogen-bond acceptors (Lipinski definition) is 2. The molecule has 0 saturated heterocycles. The van der Waals surface area contributed by atoms with E-state index in [0.29, 0.717) is 29.8 Å². The molecule has 1 aromatic heterocycles. The molecule has 0 radical (unpaired) electrons. The molecular formula is C18H14N2O2. The second-order valence-corrected chi connectivity index (χ2v) is 5.39. The Morgan fingerprint density at radius 1 is 1.05 bits per heavy atom. The van der Waals surface area contributed by atoms with Gasteiger partial charge in [-0.2, -0.15) is 0 Å². The molecule has 0 aliphatic carbocycles. The molecule has 0 bridgehead atoms. The van der Waals surface area contributed by atoms with Gasteiger partial charge in [0.05, 0.1) is 11.1 Å². The van der Waals surface area contributed by atoms with Crippen LogP contribution in [0.3, 0.4) is 0 Å². The van der Waals surface area contributed by atoms with Crippen LogP contribution in [0, 0.1) is 0 Å². The van der Waals surface area contributed by atoms with Crippen LogP contribution < -0.4 is 5.32 Å². The normalized spacial score (nSPS) is 13.7. The second-order valence-electron chi connectivity index (χ2n) is 5.39. The van der Waals surface area contributed by atoms with Gasteiger partial charge in [-0.25, -0.2) is 0 Å². The Bertz CT molecular complexity index is 894. The lowest BCUT2D eigenvalue weighted by Gasteiger charge is -2.02. The first kappa shape index (κ1) is 12.8. The molecule has 0 fully saturated rings. The molecule has 3 aromatic rings. The van der Waals surface area contributed by atoms with Crippen molar-refractivity contribution in [3.63, 3.8) is 0 Å². The minimum absolute atomic E-state index is 0.0116. The van der Waals surface area contributed by atoms with Gasteiger partial charge in [-0.3, -0.25) is 9.59 Å². The molecular weight excluding hydrogens is 276 g/mol. The first-order valence-electron chi connectivity index (χ1n) is 7.25. The van der Waals surface area contributed by atoms with E-state index in [1.807, 2.05) is 53.2 Å². The zero-order chi connectivity index (χ0) is 15.1. The molecule has 0 atom stereocenters. The lowest BCUT2D eigenvalue weighted by Crippen LogP contribution is -2.24. The van der Waals surface area contributed by atoms with Crippen molar-refractivity contribution >= 4 is 22.6 Å². The van der Waals surface area contributed by atoms with Crippen molar-refractivity contribution in [3.05, 3.63) is 71.4 Å². The zero-order valence-corrected chi connectivity index (χ0v) is 11.9. The fraction of sp³-hybridized carbons (Fsp3) is 0.111. The van der Waals surface area contributed by atoms with Gasteiger partial charge in [0.25, 0.3) is 5.91 Å². The summed E-state index contributed by atoms with van der Waals surface area (Å²) >= 11 is 0. The van der Waals surface area contributed by atoms with E-state index in [1.165, 1.54) is 0 Å². The van der Waals surface area contributed by atoms with Gasteiger partial charge in [-0.15, -0.1) is 0 Å². The molecule has 0 spiro atoms.